The van der Waals surface area contributed by atoms with Gasteiger partial charge in [-0.05, 0) is 53.3 Å². The van der Waals surface area contributed by atoms with Crippen molar-refractivity contribution < 1.29 is 0 Å². The maximum absolute atomic E-state index is 6.03. The SMILES string of the molecule is Cc1ccc(Cn2c(N)nc3cc(I)ccc32)cc1. The molecule has 1 aromatic heterocycles. The van der Waals surface area contributed by atoms with E-state index in [9.17, 15) is 0 Å². The number of nitrogen functional groups attached to an aromatic ring is 1. The number of anilines is 1. The Morgan fingerprint density at radius 3 is 2.63 bits per heavy atom. The van der Waals surface area contributed by atoms with Gasteiger partial charge in [0.25, 0.3) is 0 Å². The molecule has 3 aromatic rings. The molecule has 0 bridgehead atoms. The molecule has 96 valence electrons. The zero-order valence-corrected chi connectivity index (χ0v) is 12.8. The summed E-state index contributed by atoms with van der Waals surface area (Å²) in [5, 5.41) is 0. The molecule has 0 spiro atoms. The molecule has 0 aliphatic heterocycles. The van der Waals surface area contributed by atoms with E-state index >= 15 is 0 Å². The first-order chi connectivity index (χ1) is 9.13. The Morgan fingerprint density at radius 2 is 1.89 bits per heavy atom. The monoisotopic (exact) mass is 363 g/mol. The fraction of sp³-hybridized carbons (Fsp3) is 0.133. The van der Waals surface area contributed by atoms with Gasteiger partial charge >= 0.3 is 0 Å². The van der Waals surface area contributed by atoms with Crippen LogP contribution in [-0.2, 0) is 6.54 Å². The van der Waals surface area contributed by atoms with E-state index in [1.54, 1.807) is 0 Å². The fourth-order valence-corrected chi connectivity index (χ4v) is 2.64. The minimum atomic E-state index is 0.567. The standard InChI is InChI=1S/C15H14IN3/c1-10-2-4-11(5-3-10)9-19-14-7-6-12(16)8-13(14)18-15(19)17/h2-8H,9H2,1H3,(H2,17,18). The van der Waals surface area contributed by atoms with E-state index in [2.05, 4.69) is 81.5 Å². The lowest BCUT2D eigenvalue weighted by molar-refractivity contribution is 0.838. The summed E-state index contributed by atoms with van der Waals surface area (Å²) < 4.78 is 3.22. The molecule has 0 aliphatic rings. The molecule has 0 saturated carbocycles. The number of imidazole rings is 1. The van der Waals surface area contributed by atoms with Crippen LogP contribution in [0.25, 0.3) is 11.0 Å². The highest BCUT2D eigenvalue weighted by Gasteiger charge is 2.08. The van der Waals surface area contributed by atoms with Crippen LogP contribution in [-0.4, -0.2) is 9.55 Å². The van der Waals surface area contributed by atoms with Crippen molar-refractivity contribution in [3.05, 3.63) is 57.2 Å². The first kappa shape index (κ1) is 12.5. The molecular weight excluding hydrogens is 349 g/mol. The van der Waals surface area contributed by atoms with Crippen LogP contribution in [0.4, 0.5) is 5.95 Å². The third kappa shape index (κ3) is 2.45. The second kappa shape index (κ2) is 4.85. The van der Waals surface area contributed by atoms with Crippen LogP contribution < -0.4 is 5.73 Å². The fourth-order valence-electron chi connectivity index (χ4n) is 2.16. The van der Waals surface area contributed by atoms with Gasteiger partial charge in [-0.3, -0.25) is 0 Å². The number of aryl methyl sites for hydroxylation is 1. The maximum atomic E-state index is 6.03. The van der Waals surface area contributed by atoms with Crippen LogP contribution in [0.15, 0.2) is 42.5 Å². The van der Waals surface area contributed by atoms with Crippen molar-refractivity contribution in [2.75, 3.05) is 5.73 Å². The number of fused-ring (bicyclic) bond motifs is 1. The minimum absolute atomic E-state index is 0.567. The van der Waals surface area contributed by atoms with E-state index in [4.69, 9.17) is 5.73 Å². The first-order valence-corrected chi connectivity index (χ1v) is 7.18. The third-order valence-corrected chi connectivity index (χ3v) is 3.87. The summed E-state index contributed by atoms with van der Waals surface area (Å²) in [6.07, 6.45) is 0. The zero-order chi connectivity index (χ0) is 13.4. The maximum Gasteiger partial charge on any atom is 0.201 e. The summed E-state index contributed by atoms with van der Waals surface area (Å²) in [6.45, 7) is 2.84. The summed E-state index contributed by atoms with van der Waals surface area (Å²) in [7, 11) is 0. The molecule has 0 amide bonds. The van der Waals surface area contributed by atoms with Crippen LogP contribution in [0, 0.1) is 10.5 Å². The van der Waals surface area contributed by atoms with Crippen molar-refractivity contribution >= 4 is 39.6 Å². The number of hydrogen-bond acceptors (Lipinski definition) is 2. The van der Waals surface area contributed by atoms with E-state index in [0.717, 1.165) is 17.6 Å². The van der Waals surface area contributed by atoms with Gasteiger partial charge in [0.15, 0.2) is 0 Å². The second-order valence-corrected chi connectivity index (χ2v) is 5.92. The molecule has 3 nitrogen and oxygen atoms in total. The molecule has 0 saturated heterocycles. The Hall–Kier alpha value is -1.56. The molecular formula is C15H14IN3. The average Bonchev–Trinajstić information content (AvgIpc) is 2.68. The molecule has 19 heavy (non-hydrogen) atoms. The van der Waals surface area contributed by atoms with Crippen LogP contribution in [0.3, 0.4) is 0 Å². The highest BCUT2D eigenvalue weighted by atomic mass is 127. The van der Waals surface area contributed by atoms with Crippen LogP contribution in [0.5, 0.6) is 0 Å². The Morgan fingerprint density at radius 1 is 1.16 bits per heavy atom. The van der Waals surface area contributed by atoms with Gasteiger partial charge in [-0.15, -0.1) is 0 Å². The zero-order valence-electron chi connectivity index (χ0n) is 10.6. The van der Waals surface area contributed by atoms with E-state index in [1.165, 1.54) is 14.7 Å². The molecule has 0 radical (unpaired) electrons. The highest BCUT2D eigenvalue weighted by Crippen LogP contribution is 2.21. The molecule has 3 rings (SSSR count). The lowest BCUT2D eigenvalue weighted by Crippen LogP contribution is -2.04. The van der Waals surface area contributed by atoms with E-state index < -0.39 is 0 Å². The Kier molecular flexibility index (Phi) is 3.18. The summed E-state index contributed by atoms with van der Waals surface area (Å²) >= 11 is 2.29. The van der Waals surface area contributed by atoms with Gasteiger partial charge in [0.05, 0.1) is 17.6 Å². The molecule has 0 aliphatic carbocycles. The van der Waals surface area contributed by atoms with Crippen molar-refractivity contribution in [1.29, 1.82) is 0 Å². The van der Waals surface area contributed by atoms with Gasteiger partial charge in [-0.1, -0.05) is 29.8 Å². The van der Waals surface area contributed by atoms with Crippen LogP contribution >= 0.6 is 22.6 Å². The van der Waals surface area contributed by atoms with Crippen molar-refractivity contribution in [2.45, 2.75) is 13.5 Å². The summed E-state index contributed by atoms with van der Waals surface area (Å²) in [6, 6.07) is 14.7. The summed E-state index contributed by atoms with van der Waals surface area (Å²) in [5.74, 6) is 0.567. The topological polar surface area (TPSA) is 43.8 Å². The van der Waals surface area contributed by atoms with Gasteiger partial charge in [-0.25, -0.2) is 4.98 Å². The molecule has 0 fully saturated rings. The Labute approximate surface area is 125 Å². The van der Waals surface area contributed by atoms with Crippen molar-refractivity contribution in [2.24, 2.45) is 0 Å². The van der Waals surface area contributed by atoms with Gasteiger partial charge in [0.1, 0.15) is 0 Å². The predicted octanol–water partition coefficient (Wildman–Crippen LogP) is 3.58. The average molecular weight is 363 g/mol. The normalized spacial score (nSPS) is 11.1. The van der Waals surface area contributed by atoms with E-state index in [-0.39, 0.29) is 0 Å². The summed E-state index contributed by atoms with van der Waals surface area (Å²) in [4.78, 5) is 4.42. The van der Waals surface area contributed by atoms with Crippen LogP contribution in [0.1, 0.15) is 11.1 Å². The largest absolute Gasteiger partial charge is 0.369 e. The molecule has 2 N–H and O–H groups in total. The van der Waals surface area contributed by atoms with Gasteiger partial charge in [0.2, 0.25) is 5.95 Å². The lowest BCUT2D eigenvalue weighted by Gasteiger charge is -2.07. The van der Waals surface area contributed by atoms with Gasteiger partial charge < -0.3 is 10.3 Å². The number of rotatable bonds is 2. The second-order valence-electron chi connectivity index (χ2n) is 4.67. The van der Waals surface area contributed by atoms with E-state index in [1.807, 2.05) is 0 Å². The first-order valence-electron chi connectivity index (χ1n) is 6.10. The molecule has 0 unspecified atom stereocenters. The molecule has 2 aromatic carbocycles. The lowest BCUT2D eigenvalue weighted by atomic mass is 10.1. The van der Waals surface area contributed by atoms with Gasteiger partial charge in [0, 0.05) is 3.57 Å². The van der Waals surface area contributed by atoms with Crippen molar-refractivity contribution in [3.63, 3.8) is 0 Å². The third-order valence-electron chi connectivity index (χ3n) is 3.20. The highest BCUT2D eigenvalue weighted by molar-refractivity contribution is 14.1. The predicted molar refractivity (Wildman–Crippen MR) is 87.1 cm³/mol. The summed E-state index contributed by atoms with van der Waals surface area (Å²) in [5.41, 5.74) is 10.6. The number of nitrogens with two attached hydrogens (primary N) is 1. The molecule has 0 atom stereocenters. The van der Waals surface area contributed by atoms with E-state index in [0.29, 0.717) is 5.95 Å². The number of benzene rings is 2. The van der Waals surface area contributed by atoms with Crippen molar-refractivity contribution in [1.82, 2.24) is 9.55 Å². The smallest absolute Gasteiger partial charge is 0.201 e. The van der Waals surface area contributed by atoms with Crippen LogP contribution in [0.2, 0.25) is 0 Å². The number of nitrogens with zero attached hydrogens (tertiary/aromatic N) is 2. The van der Waals surface area contributed by atoms with Crippen molar-refractivity contribution in [3.8, 4) is 0 Å². The number of aromatic nitrogens is 2. The molecule has 4 heteroatoms. The Balaban J connectivity index is 2.05. The van der Waals surface area contributed by atoms with Gasteiger partial charge in [-0.2, -0.15) is 0 Å². The Bertz CT molecular complexity index is 729. The number of hydrogen-bond donors (Lipinski definition) is 1. The quantitative estimate of drug-likeness (QED) is 0.708. The number of halogens is 1. The minimum Gasteiger partial charge on any atom is -0.369 e. The molecule has 1 heterocycles.